The number of nitrogens with one attached hydrogen (secondary N) is 1. The molecule has 1 fully saturated rings. The number of ether oxygens (including phenoxy) is 1. The van der Waals surface area contributed by atoms with Crippen LogP contribution in [0.3, 0.4) is 0 Å². The monoisotopic (exact) mass is 474 g/mol. The van der Waals surface area contributed by atoms with Gasteiger partial charge in [0.2, 0.25) is 5.91 Å². The number of hydrogen-bond donors (Lipinski definition) is 2. The average molecular weight is 475 g/mol. The van der Waals surface area contributed by atoms with Crippen molar-refractivity contribution in [3.63, 3.8) is 0 Å². The number of carbonyl (C=O) groups is 3. The van der Waals surface area contributed by atoms with E-state index in [1.54, 1.807) is 11.0 Å². The van der Waals surface area contributed by atoms with Gasteiger partial charge in [-0.25, -0.2) is 9.59 Å². The van der Waals surface area contributed by atoms with E-state index in [4.69, 9.17) is 9.84 Å². The van der Waals surface area contributed by atoms with E-state index in [0.717, 1.165) is 36.8 Å². The first-order chi connectivity index (χ1) is 17.0. The molecule has 1 saturated carbocycles. The van der Waals surface area contributed by atoms with E-state index in [-0.39, 0.29) is 24.9 Å². The Balaban J connectivity index is 1.22. The Hall–Kier alpha value is -3.61. The fraction of sp³-hybridized carbons (Fsp3) is 0.393. The van der Waals surface area contributed by atoms with Gasteiger partial charge in [-0.05, 0) is 41.5 Å². The summed E-state index contributed by atoms with van der Waals surface area (Å²) in [6, 6.07) is 16.4. The minimum absolute atomic E-state index is 0.0159. The van der Waals surface area contributed by atoms with E-state index in [1.807, 2.05) is 24.3 Å². The van der Waals surface area contributed by atoms with Crippen LogP contribution in [-0.4, -0.2) is 53.2 Å². The van der Waals surface area contributed by atoms with Crippen LogP contribution in [0, 0.1) is 0 Å². The first-order valence-corrected chi connectivity index (χ1v) is 12.3. The minimum atomic E-state index is -0.929. The van der Waals surface area contributed by atoms with Gasteiger partial charge in [-0.2, -0.15) is 0 Å². The standard InChI is InChI=1S/C28H30N2O5/c31-25(30-15-11-19(12-16-30)26(32)33)17-28(13-5-6-14-28)29-27(34)35-18-24-22-9-3-1-7-20(22)21-8-2-4-10-23(21)24/h1-4,7-11,24H,5-6,12-18H2,(H,29,34)(H,32,33). The van der Waals surface area contributed by atoms with Crippen molar-refractivity contribution < 1.29 is 24.2 Å². The number of aliphatic carboxylic acids is 1. The Morgan fingerprint density at radius 2 is 1.63 bits per heavy atom. The summed E-state index contributed by atoms with van der Waals surface area (Å²) in [6.45, 7) is 0.915. The molecule has 0 spiro atoms. The SMILES string of the molecule is O=C(NC1(CC(=O)N2CC=C(C(=O)O)CC2)CCCC1)OCC1c2ccccc2-c2ccccc21. The number of benzene rings is 2. The van der Waals surface area contributed by atoms with Gasteiger partial charge in [0.25, 0.3) is 0 Å². The van der Waals surface area contributed by atoms with E-state index >= 15 is 0 Å². The summed E-state index contributed by atoms with van der Waals surface area (Å²) < 4.78 is 5.74. The first-order valence-electron chi connectivity index (χ1n) is 12.3. The molecule has 0 bridgehead atoms. The van der Waals surface area contributed by atoms with Crippen molar-refractivity contribution in [3.8, 4) is 11.1 Å². The number of carbonyl (C=O) groups excluding carboxylic acids is 2. The van der Waals surface area contributed by atoms with E-state index in [1.165, 1.54) is 11.1 Å². The topological polar surface area (TPSA) is 95.9 Å². The molecular weight excluding hydrogens is 444 g/mol. The lowest BCUT2D eigenvalue weighted by Crippen LogP contribution is -2.50. The lowest BCUT2D eigenvalue weighted by molar-refractivity contribution is -0.135. The molecule has 5 rings (SSSR count). The van der Waals surface area contributed by atoms with Crippen molar-refractivity contribution in [2.75, 3.05) is 19.7 Å². The van der Waals surface area contributed by atoms with Crippen LogP contribution in [0.1, 0.15) is 55.6 Å². The number of rotatable bonds is 6. The minimum Gasteiger partial charge on any atom is -0.478 e. The maximum atomic E-state index is 13.0. The molecule has 7 nitrogen and oxygen atoms in total. The number of hydrogen-bond acceptors (Lipinski definition) is 4. The first kappa shape index (κ1) is 23.1. The van der Waals surface area contributed by atoms with Crippen molar-refractivity contribution in [2.24, 2.45) is 0 Å². The Bertz CT molecular complexity index is 1140. The maximum absolute atomic E-state index is 13.0. The number of carboxylic acids is 1. The van der Waals surface area contributed by atoms with Gasteiger partial charge in [0.15, 0.2) is 0 Å². The zero-order chi connectivity index (χ0) is 24.4. The quantitative estimate of drug-likeness (QED) is 0.644. The van der Waals surface area contributed by atoms with Gasteiger partial charge in [0, 0.05) is 24.6 Å². The van der Waals surface area contributed by atoms with Gasteiger partial charge in [-0.1, -0.05) is 67.4 Å². The molecule has 2 aromatic carbocycles. The third-order valence-corrected chi connectivity index (χ3v) is 7.60. The van der Waals surface area contributed by atoms with Gasteiger partial charge in [0.05, 0.1) is 12.0 Å². The molecule has 0 unspecified atom stereocenters. The lowest BCUT2D eigenvalue weighted by Gasteiger charge is -2.33. The Labute approximate surface area is 204 Å². The highest BCUT2D eigenvalue weighted by Gasteiger charge is 2.39. The van der Waals surface area contributed by atoms with Gasteiger partial charge in [-0.3, -0.25) is 4.79 Å². The maximum Gasteiger partial charge on any atom is 0.407 e. The summed E-state index contributed by atoms with van der Waals surface area (Å²) in [5.74, 6) is -1.01. The lowest BCUT2D eigenvalue weighted by atomic mass is 9.92. The van der Waals surface area contributed by atoms with Crippen LogP contribution in [0.25, 0.3) is 11.1 Å². The second kappa shape index (κ2) is 9.56. The molecule has 1 heterocycles. The van der Waals surface area contributed by atoms with Crippen LogP contribution in [0.2, 0.25) is 0 Å². The Morgan fingerprint density at radius 1 is 1.00 bits per heavy atom. The third kappa shape index (κ3) is 4.67. The molecule has 2 N–H and O–H groups in total. The molecule has 182 valence electrons. The molecule has 7 heteroatoms. The fourth-order valence-electron chi connectivity index (χ4n) is 5.74. The van der Waals surface area contributed by atoms with Crippen LogP contribution < -0.4 is 5.32 Å². The van der Waals surface area contributed by atoms with Gasteiger partial charge in [0.1, 0.15) is 6.61 Å². The summed E-state index contributed by atoms with van der Waals surface area (Å²) in [5, 5.41) is 12.2. The third-order valence-electron chi connectivity index (χ3n) is 7.60. The molecule has 0 aromatic heterocycles. The molecule has 1 aliphatic heterocycles. The summed E-state index contributed by atoms with van der Waals surface area (Å²) in [4.78, 5) is 38.8. The smallest absolute Gasteiger partial charge is 0.407 e. The van der Waals surface area contributed by atoms with Crippen molar-refractivity contribution in [3.05, 3.63) is 71.3 Å². The zero-order valence-electron chi connectivity index (χ0n) is 19.7. The van der Waals surface area contributed by atoms with Gasteiger partial charge in [-0.15, -0.1) is 0 Å². The Morgan fingerprint density at radius 3 is 2.20 bits per heavy atom. The number of nitrogens with zero attached hydrogens (tertiary/aromatic N) is 1. The second-order valence-electron chi connectivity index (χ2n) is 9.74. The highest BCUT2D eigenvalue weighted by Crippen LogP contribution is 2.44. The van der Waals surface area contributed by atoms with Crippen molar-refractivity contribution in [1.29, 1.82) is 0 Å². The zero-order valence-corrected chi connectivity index (χ0v) is 19.7. The number of fused-ring (bicyclic) bond motifs is 3. The highest BCUT2D eigenvalue weighted by atomic mass is 16.5. The summed E-state index contributed by atoms with van der Waals surface area (Å²) in [5.41, 5.74) is 4.41. The van der Waals surface area contributed by atoms with Crippen LogP contribution >= 0.6 is 0 Å². The van der Waals surface area contributed by atoms with E-state index in [2.05, 4.69) is 29.6 Å². The molecular formula is C28H30N2O5. The molecule has 35 heavy (non-hydrogen) atoms. The van der Waals surface area contributed by atoms with Crippen LogP contribution in [0.15, 0.2) is 60.2 Å². The average Bonchev–Trinajstić information content (AvgIpc) is 3.45. The van der Waals surface area contributed by atoms with E-state index in [0.29, 0.717) is 25.1 Å². The van der Waals surface area contributed by atoms with Crippen molar-refractivity contribution in [2.45, 2.75) is 50.0 Å². The number of amides is 2. The molecule has 0 atom stereocenters. The number of alkyl carbamates (subject to hydrolysis) is 1. The van der Waals surface area contributed by atoms with Crippen LogP contribution in [0.5, 0.6) is 0 Å². The van der Waals surface area contributed by atoms with Crippen molar-refractivity contribution >= 4 is 18.0 Å². The number of carboxylic acid groups (broad SMARTS) is 1. The molecule has 2 aliphatic carbocycles. The fourth-order valence-corrected chi connectivity index (χ4v) is 5.74. The highest BCUT2D eigenvalue weighted by molar-refractivity contribution is 5.87. The largest absolute Gasteiger partial charge is 0.478 e. The Kier molecular flexibility index (Phi) is 6.32. The van der Waals surface area contributed by atoms with Gasteiger partial charge < -0.3 is 20.1 Å². The molecule has 0 radical (unpaired) electrons. The molecule has 0 saturated heterocycles. The molecule has 2 aromatic rings. The van der Waals surface area contributed by atoms with Crippen LogP contribution in [-0.2, 0) is 14.3 Å². The molecule has 2 amide bonds. The molecule has 3 aliphatic rings. The predicted octanol–water partition coefficient (Wildman–Crippen LogP) is 4.47. The van der Waals surface area contributed by atoms with E-state index in [9.17, 15) is 14.4 Å². The van der Waals surface area contributed by atoms with Gasteiger partial charge >= 0.3 is 12.1 Å². The normalized spacial score (nSPS) is 18.4. The summed E-state index contributed by atoms with van der Waals surface area (Å²) in [6.07, 6.45) is 5.00. The predicted molar refractivity (Wildman–Crippen MR) is 131 cm³/mol. The van der Waals surface area contributed by atoms with E-state index < -0.39 is 17.6 Å². The summed E-state index contributed by atoms with van der Waals surface area (Å²) in [7, 11) is 0. The summed E-state index contributed by atoms with van der Waals surface area (Å²) >= 11 is 0. The second-order valence-corrected chi connectivity index (χ2v) is 9.74. The van der Waals surface area contributed by atoms with Crippen LogP contribution in [0.4, 0.5) is 4.79 Å². The van der Waals surface area contributed by atoms with Crippen molar-refractivity contribution in [1.82, 2.24) is 10.2 Å².